The van der Waals surface area contributed by atoms with Gasteiger partial charge in [-0.2, -0.15) is 0 Å². The van der Waals surface area contributed by atoms with Crippen LogP contribution < -0.4 is 10.1 Å². The first-order valence-corrected chi connectivity index (χ1v) is 6.35. The summed E-state index contributed by atoms with van der Waals surface area (Å²) in [5.41, 5.74) is 0.569. The molecular formula is C15H17NO3. The summed E-state index contributed by atoms with van der Waals surface area (Å²) >= 11 is 0. The largest absolute Gasteiger partial charge is 0.491 e. The van der Waals surface area contributed by atoms with E-state index in [-0.39, 0.29) is 18.6 Å². The van der Waals surface area contributed by atoms with Crippen LogP contribution >= 0.6 is 0 Å². The summed E-state index contributed by atoms with van der Waals surface area (Å²) in [6.45, 7) is 1.61. The topological polar surface area (TPSA) is 47.6 Å². The molecule has 1 aliphatic heterocycles. The predicted octanol–water partition coefficient (Wildman–Crippen LogP) is 1.61. The maximum atomic E-state index is 11.6. The fraction of sp³-hybridized carbons (Fsp3) is 0.400. The molecule has 1 aromatic rings. The van der Waals surface area contributed by atoms with Gasteiger partial charge in [-0.05, 0) is 37.1 Å². The molecule has 19 heavy (non-hydrogen) atoms. The van der Waals surface area contributed by atoms with Crippen molar-refractivity contribution < 1.29 is 14.3 Å². The van der Waals surface area contributed by atoms with E-state index in [1.54, 1.807) is 24.3 Å². The van der Waals surface area contributed by atoms with Crippen molar-refractivity contribution in [1.82, 2.24) is 5.32 Å². The predicted molar refractivity (Wildman–Crippen MR) is 72.1 cm³/mol. The van der Waals surface area contributed by atoms with Gasteiger partial charge in [0.1, 0.15) is 12.4 Å². The van der Waals surface area contributed by atoms with Crippen molar-refractivity contribution in [3.63, 3.8) is 0 Å². The molecule has 1 atom stereocenters. The first-order chi connectivity index (χ1) is 9.29. The lowest BCUT2D eigenvalue weighted by Crippen LogP contribution is -2.23. The number of amides is 1. The number of carbonyl (C=O) groups excluding carboxylic acids is 1. The van der Waals surface area contributed by atoms with E-state index in [9.17, 15) is 4.79 Å². The molecule has 100 valence electrons. The second-order valence-electron chi connectivity index (χ2n) is 4.36. The average molecular weight is 259 g/mol. The number of hydrogen-bond donors (Lipinski definition) is 1. The molecule has 1 heterocycles. The third kappa shape index (κ3) is 4.01. The van der Waals surface area contributed by atoms with Crippen LogP contribution in [0.1, 0.15) is 23.2 Å². The number of ether oxygens (including phenoxy) is 2. The third-order valence-corrected chi connectivity index (χ3v) is 2.93. The van der Waals surface area contributed by atoms with Crippen molar-refractivity contribution in [2.24, 2.45) is 0 Å². The molecule has 4 nitrogen and oxygen atoms in total. The van der Waals surface area contributed by atoms with Gasteiger partial charge in [-0.3, -0.25) is 4.79 Å². The highest BCUT2D eigenvalue weighted by Gasteiger charge is 2.15. The molecule has 1 saturated heterocycles. The van der Waals surface area contributed by atoms with Gasteiger partial charge in [0.25, 0.3) is 5.91 Å². The average Bonchev–Trinajstić information content (AvgIpc) is 2.96. The first kappa shape index (κ1) is 13.4. The highest BCUT2D eigenvalue weighted by Crippen LogP contribution is 2.16. The smallest absolute Gasteiger partial charge is 0.252 e. The lowest BCUT2D eigenvalue weighted by molar-refractivity contribution is 0.0679. The third-order valence-electron chi connectivity index (χ3n) is 2.93. The van der Waals surface area contributed by atoms with Gasteiger partial charge < -0.3 is 14.8 Å². The lowest BCUT2D eigenvalue weighted by atomic mass is 10.2. The van der Waals surface area contributed by atoms with Crippen LogP contribution in [0.2, 0.25) is 0 Å². The zero-order valence-corrected chi connectivity index (χ0v) is 10.7. The highest BCUT2D eigenvalue weighted by atomic mass is 16.5. The fourth-order valence-corrected chi connectivity index (χ4v) is 1.90. The first-order valence-electron chi connectivity index (χ1n) is 6.35. The van der Waals surface area contributed by atoms with Crippen molar-refractivity contribution >= 4 is 5.91 Å². The molecule has 0 unspecified atom stereocenters. The molecule has 0 aliphatic carbocycles. The van der Waals surface area contributed by atoms with E-state index < -0.39 is 0 Å². The highest BCUT2D eigenvalue weighted by molar-refractivity contribution is 5.94. The van der Waals surface area contributed by atoms with Gasteiger partial charge in [-0.1, -0.05) is 5.92 Å². The van der Waals surface area contributed by atoms with E-state index in [4.69, 9.17) is 15.9 Å². The Morgan fingerprint density at radius 3 is 2.89 bits per heavy atom. The van der Waals surface area contributed by atoms with E-state index in [0.29, 0.717) is 12.2 Å². The summed E-state index contributed by atoms with van der Waals surface area (Å²) < 4.78 is 11.1. The summed E-state index contributed by atoms with van der Waals surface area (Å²) in [6, 6.07) is 6.99. The Balaban J connectivity index is 1.83. The van der Waals surface area contributed by atoms with Crippen LogP contribution in [0.5, 0.6) is 5.75 Å². The van der Waals surface area contributed by atoms with E-state index in [2.05, 4.69) is 11.2 Å². The van der Waals surface area contributed by atoms with Gasteiger partial charge in [-0.25, -0.2) is 0 Å². The lowest BCUT2D eigenvalue weighted by Gasteiger charge is -2.11. The van der Waals surface area contributed by atoms with Crippen LogP contribution in [0.25, 0.3) is 0 Å². The molecule has 0 bridgehead atoms. The van der Waals surface area contributed by atoms with Gasteiger partial charge in [0.05, 0.1) is 12.6 Å². The maximum Gasteiger partial charge on any atom is 0.252 e. The van der Waals surface area contributed by atoms with E-state index in [1.807, 2.05) is 0 Å². The molecule has 1 aromatic carbocycles. The summed E-state index contributed by atoms with van der Waals surface area (Å²) in [5, 5.41) is 2.61. The van der Waals surface area contributed by atoms with Crippen LogP contribution in [0.4, 0.5) is 0 Å². The molecule has 0 radical (unpaired) electrons. The van der Waals surface area contributed by atoms with Crippen molar-refractivity contribution in [3.8, 4) is 18.1 Å². The minimum atomic E-state index is -0.177. The summed E-state index contributed by atoms with van der Waals surface area (Å²) in [7, 11) is 0. The van der Waals surface area contributed by atoms with Crippen LogP contribution in [0, 0.1) is 12.3 Å². The number of hydrogen-bond acceptors (Lipinski definition) is 3. The minimum Gasteiger partial charge on any atom is -0.491 e. The molecule has 1 aliphatic rings. The Kier molecular flexibility index (Phi) is 4.82. The molecule has 1 amide bonds. The summed E-state index contributed by atoms with van der Waals surface area (Å²) in [5.74, 6) is 2.92. The van der Waals surface area contributed by atoms with Crippen LogP contribution in [-0.2, 0) is 4.74 Å². The van der Waals surface area contributed by atoms with Crippen LogP contribution in [0.15, 0.2) is 24.3 Å². The second kappa shape index (κ2) is 6.81. The van der Waals surface area contributed by atoms with E-state index >= 15 is 0 Å². The van der Waals surface area contributed by atoms with Crippen LogP contribution in [0.3, 0.4) is 0 Å². The monoisotopic (exact) mass is 259 g/mol. The number of benzene rings is 1. The van der Waals surface area contributed by atoms with E-state index in [1.165, 1.54) is 0 Å². The molecule has 4 heteroatoms. The molecule has 0 aromatic heterocycles. The SMILES string of the molecule is C#CCNC(=O)c1ccc(OC[C@@H]2CCCO2)cc1. The van der Waals surface area contributed by atoms with Crippen LogP contribution in [-0.4, -0.2) is 31.8 Å². The number of carbonyl (C=O) groups is 1. The van der Waals surface area contributed by atoms with Gasteiger partial charge in [-0.15, -0.1) is 6.42 Å². The Labute approximate surface area is 113 Å². The number of rotatable bonds is 5. The Morgan fingerprint density at radius 2 is 2.26 bits per heavy atom. The standard InChI is InChI=1S/C15H17NO3/c1-2-9-16-15(17)12-5-7-13(8-6-12)19-11-14-4-3-10-18-14/h1,5-8,14H,3-4,9-11H2,(H,16,17)/t14-/m0/s1. The Morgan fingerprint density at radius 1 is 1.47 bits per heavy atom. The van der Waals surface area contributed by atoms with E-state index in [0.717, 1.165) is 25.2 Å². The summed E-state index contributed by atoms with van der Waals surface area (Å²) in [4.78, 5) is 11.6. The van der Waals surface area contributed by atoms with Gasteiger partial charge >= 0.3 is 0 Å². The zero-order chi connectivity index (χ0) is 13.5. The molecular weight excluding hydrogens is 242 g/mol. The summed E-state index contributed by atoms with van der Waals surface area (Å²) in [6.07, 6.45) is 7.42. The minimum absolute atomic E-state index is 0.177. The second-order valence-corrected chi connectivity index (χ2v) is 4.36. The maximum absolute atomic E-state index is 11.6. The number of terminal acetylenes is 1. The van der Waals surface area contributed by atoms with Crippen molar-refractivity contribution in [2.45, 2.75) is 18.9 Å². The molecule has 2 rings (SSSR count). The quantitative estimate of drug-likeness (QED) is 0.817. The molecule has 0 spiro atoms. The van der Waals surface area contributed by atoms with Crippen molar-refractivity contribution in [2.75, 3.05) is 19.8 Å². The van der Waals surface area contributed by atoms with Crippen molar-refractivity contribution in [1.29, 1.82) is 0 Å². The molecule has 1 fully saturated rings. The zero-order valence-electron chi connectivity index (χ0n) is 10.7. The fourth-order valence-electron chi connectivity index (χ4n) is 1.90. The Bertz CT molecular complexity index is 455. The van der Waals surface area contributed by atoms with Gasteiger partial charge in [0.2, 0.25) is 0 Å². The molecule has 0 saturated carbocycles. The Hall–Kier alpha value is -1.99. The molecule has 1 N–H and O–H groups in total. The normalized spacial score (nSPS) is 17.7. The van der Waals surface area contributed by atoms with Gasteiger partial charge in [0.15, 0.2) is 0 Å². The van der Waals surface area contributed by atoms with Gasteiger partial charge in [0, 0.05) is 12.2 Å². The van der Waals surface area contributed by atoms with Crippen molar-refractivity contribution in [3.05, 3.63) is 29.8 Å². The number of nitrogens with one attached hydrogen (secondary N) is 1.